The van der Waals surface area contributed by atoms with Gasteiger partial charge in [0.05, 0.1) is 6.10 Å². The molecule has 0 radical (unpaired) electrons. The number of para-hydroxylation sites is 1. The predicted molar refractivity (Wildman–Crippen MR) is 81.9 cm³/mol. The van der Waals surface area contributed by atoms with E-state index in [0.29, 0.717) is 6.61 Å². The fourth-order valence-electron chi connectivity index (χ4n) is 2.28. The van der Waals surface area contributed by atoms with E-state index in [-0.39, 0.29) is 12.0 Å². The average molecular weight is 270 g/mol. The van der Waals surface area contributed by atoms with Crippen molar-refractivity contribution in [3.05, 3.63) is 65.7 Å². The highest BCUT2D eigenvalue weighted by atomic mass is 16.5. The second kappa shape index (κ2) is 7.11. The molecule has 0 bridgehead atoms. The zero-order chi connectivity index (χ0) is 14.4. The zero-order valence-corrected chi connectivity index (χ0v) is 12.1. The molecule has 2 aromatic rings. The van der Waals surface area contributed by atoms with Gasteiger partial charge in [0, 0.05) is 5.92 Å². The summed E-state index contributed by atoms with van der Waals surface area (Å²) in [6.45, 7) is 4.58. The van der Waals surface area contributed by atoms with Crippen molar-refractivity contribution < 1.29 is 9.84 Å². The lowest BCUT2D eigenvalue weighted by molar-refractivity contribution is 0.143. The first-order chi connectivity index (χ1) is 9.72. The minimum absolute atomic E-state index is 0.0759. The molecule has 2 rings (SSSR count). The van der Waals surface area contributed by atoms with Gasteiger partial charge in [0.2, 0.25) is 0 Å². The van der Waals surface area contributed by atoms with Crippen LogP contribution in [-0.4, -0.2) is 11.2 Å². The molecule has 2 atom stereocenters. The first kappa shape index (κ1) is 14.6. The Morgan fingerprint density at radius 1 is 1.00 bits per heavy atom. The molecule has 2 heteroatoms. The van der Waals surface area contributed by atoms with Crippen LogP contribution in [0.15, 0.2) is 54.6 Å². The van der Waals surface area contributed by atoms with Gasteiger partial charge in [0.15, 0.2) is 0 Å². The van der Waals surface area contributed by atoms with Crippen molar-refractivity contribution in [3.8, 4) is 5.75 Å². The molecule has 0 fully saturated rings. The lowest BCUT2D eigenvalue weighted by Gasteiger charge is -2.21. The maximum atomic E-state index is 10.0. The molecule has 2 nitrogen and oxygen atoms in total. The molecule has 20 heavy (non-hydrogen) atoms. The van der Waals surface area contributed by atoms with Gasteiger partial charge in [-0.15, -0.1) is 0 Å². The van der Waals surface area contributed by atoms with Crippen molar-refractivity contribution in [3.63, 3.8) is 0 Å². The summed E-state index contributed by atoms with van der Waals surface area (Å²) >= 11 is 0. The number of benzene rings is 2. The molecule has 106 valence electrons. The first-order valence-corrected chi connectivity index (χ1v) is 7.16. The topological polar surface area (TPSA) is 29.5 Å². The monoisotopic (exact) mass is 270 g/mol. The van der Waals surface area contributed by atoms with E-state index in [9.17, 15) is 5.11 Å². The molecule has 1 unspecified atom stereocenters. The summed E-state index contributed by atoms with van der Waals surface area (Å²) < 4.78 is 5.93. The Labute approximate surface area is 121 Å². The van der Waals surface area contributed by atoms with Gasteiger partial charge < -0.3 is 9.84 Å². The van der Waals surface area contributed by atoms with Crippen LogP contribution in [0.1, 0.15) is 37.3 Å². The molecule has 0 saturated carbocycles. The highest BCUT2D eigenvalue weighted by molar-refractivity contribution is 5.36. The highest BCUT2D eigenvalue weighted by Crippen LogP contribution is 2.30. The smallest absolute Gasteiger partial charge is 0.123 e. The van der Waals surface area contributed by atoms with Gasteiger partial charge in [-0.3, -0.25) is 0 Å². The summed E-state index contributed by atoms with van der Waals surface area (Å²) in [7, 11) is 0. The Kier molecular flexibility index (Phi) is 5.19. The predicted octanol–water partition coefficient (Wildman–Crippen LogP) is 4.14. The van der Waals surface area contributed by atoms with E-state index in [0.717, 1.165) is 23.3 Å². The molecule has 0 amide bonds. The molecule has 0 aliphatic rings. The fraction of sp³-hybridized carbons (Fsp3) is 0.333. The van der Waals surface area contributed by atoms with E-state index in [1.807, 2.05) is 68.4 Å². The zero-order valence-electron chi connectivity index (χ0n) is 12.1. The van der Waals surface area contributed by atoms with Crippen molar-refractivity contribution in [2.45, 2.75) is 38.9 Å². The van der Waals surface area contributed by atoms with Gasteiger partial charge in [0.25, 0.3) is 0 Å². The van der Waals surface area contributed by atoms with Crippen LogP contribution >= 0.6 is 0 Å². The summed E-state index contributed by atoms with van der Waals surface area (Å²) in [6, 6.07) is 18.1. The molecular formula is C18H22O2. The van der Waals surface area contributed by atoms with E-state index < -0.39 is 0 Å². The van der Waals surface area contributed by atoms with E-state index >= 15 is 0 Å². The summed E-state index contributed by atoms with van der Waals surface area (Å²) in [4.78, 5) is 0. The van der Waals surface area contributed by atoms with Crippen LogP contribution in [0.4, 0.5) is 0 Å². The number of aliphatic hydroxyl groups excluding tert-OH is 1. The highest BCUT2D eigenvalue weighted by Gasteiger charge is 2.18. The van der Waals surface area contributed by atoms with Crippen LogP contribution in [0.25, 0.3) is 0 Å². The van der Waals surface area contributed by atoms with Gasteiger partial charge in [0.1, 0.15) is 12.4 Å². The van der Waals surface area contributed by atoms with Crippen molar-refractivity contribution in [1.82, 2.24) is 0 Å². The molecule has 0 aliphatic carbocycles. The first-order valence-electron chi connectivity index (χ1n) is 7.16. The number of hydrogen-bond donors (Lipinski definition) is 1. The maximum Gasteiger partial charge on any atom is 0.123 e. The number of rotatable bonds is 6. The Morgan fingerprint density at radius 3 is 2.35 bits per heavy atom. The summed E-state index contributed by atoms with van der Waals surface area (Å²) in [5.41, 5.74) is 2.21. The normalized spacial score (nSPS) is 13.8. The van der Waals surface area contributed by atoms with Gasteiger partial charge in [-0.05, 0) is 23.6 Å². The summed E-state index contributed by atoms with van der Waals surface area (Å²) in [6.07, 6.45) is 0.408. The molecule has 1 N–H and O–H groups in total. The fourth-order valence-corrected chi connectivity index (χ4v) is 2.28. The van der Waals surface area contributed by atoms with Gasteiger partial charge in [-0.2, -0.15) is 0 Å². The number of hydrogen-bond acceptors (Lipinski definition) is 2. The minimum Gasteiger partial charge on any atom is -0.489 e. The van der Waals surface area contributed by atoms with Crippen LogP contribution in [0.3, 0.4) is 0 Å². The van der Waals surface area contributed by atoms with E-state index in [2.05, 4.69) is 0 Å². The van der Waals surface area contributed by atoms with E-state index in [1.165, 1.54) is 0 Å². The SMILES string of the molecule is CCC(O)[C@@H](C)c1ccccc1OCc1ccccc1. The van der Waals surface area contributed by atoms with Gasteiger partial charge in [-0.25, -0.2) is 0 Å². The molecule has 0 saturated heterocycles. The van der Waals surface area contributed by atoms with Crippen molar-refractivity contribution >= 4 is 0 Å². The van der Waals surface area contributed by atoms with Crippen molar-refractivity contribution in [2.75, 3.05) is 0 Å². The van der Waals surface area contributed by atoms with Crippen LogP contribution in [-0.2, 0) is 6.61 Å². The minimum atomic E-state index is -0.337. The van der Waals surface area contributed by atoms with E-state index in [1.54, 1.807) is 0 Å². The third kappa shape index (κ3) is 3.61. The van der Waals surface area contributed by atoms with Crippen LogP contribution in [0, 0.1) is 0 Å². The number of ether oxygens (including phenoxy) is 1. The average Bonchev–Trinajstić information content (AvgIpc) is 2.52. The van der Waals surface area contributed by atoms with E-state index in [4.69, 9.17) is 4.74 Å². The molecule has 0 aromatic heterocycles. The largest absolute Gasteiger partial charge is 0.489 e. The second-order valence-corrected chi connectivity index (χ2v) is 5.08. The standard InChI is InChI=1S/C18H22O2/c1-3-17(19)14(2)16-11-7-8-12-18(16)20-13-15-9-5-4-6-10-15/h4-12,14,17,19H,3,13H2,1-2H3/t14-,17?/m0/s1. The van der Waals surface area contributed by atoms with Gasteiger partial charge >= 0.3 is 0 Å². The lowest BCUT2D eigenvalue weighted by Crippen LogP contribution is -2.15. The number of aliphatic hydroxyl groups is 1. The molecule has 0 spiro atoms. The quantitative estimate of drug-likeness (QED) is 0.854. The lowest BCUT2D eigenvalue weighted by atomic mass is 9.93. The summed E-state index contributed by atoms with van der Waals surface area (Å²) in [5.74, 6) is 0.934. The second-order valence-electron chi connectivity index (χ2n) is 5.08. The van der Waals surface area contributed by atoms with Gasteiger partial charge in [-0.1, -0.05) is 62.4 Å². The Balaban J connectivity index is 2.12. The molecule has 2 aromatic carbocycles. The van der Waals surface area contributed by atoms with Crippen LogP contribution < -0.4 is 4.74 Å². The third-order valence-corrected chi connectivity index (χ3v) is 3.64. The Hall–Kier alpha value is -1.80. The van der Waals surface area contributed by atoms with Crippen LogP contribution in [0.2, 0.25) is 0 Å². The third-order valence-electron chi connectivity index (χ3n) is 3.64. The molecule has 0 heterocycles. The Bertz CT molecular complexity index is 522. The molecular weight excluding hydrogens is 248 g/mol. The Morgan fingerprint density at radius 2 is 1.65 bits per heavy atom. The van der Waals surface area contributed by atoms with Crippen LogP contribution in [0.5, 0.6) is 5.75 Å². The van der Waals surface area contributed by atoms with Crippen molar-refractivity contribution in [2.24, 2.45) is 0 Å². The summed E-state index contributed by atoms with van der Waals surface area (Å²) in [5, 5.41) is 10.0. The maximum absolute atomic E-state index is 10.0. The van der Waals surface area contributed by atoms with Crippen molar-refractivity contribution in [1.29, 1.82) is 0 Å². The molecule has 0 aliphatic heterocycles.